The highest BCUT2D eigenvalue weighted by atomic mass is 35.5. The molecule has 1 saturated carbocycles. The lowest BCUT2D eigenvalue weighted by atomic mass is 9.79. The lowest BCUT2D eigenvalue weighted by molar-refractivity contribution is -0.146. The first-order chi connectivity index (χ1) is 17.8. The Morgan fingerprint density at radius 3 is 2.59 bits per heavy atom. The van der Waals surface area contributed by atoms with Crippen molar-refractivity contribution in [1.82, 2.24) is 25.3 Å². The molecule has 3 fully saturated rings. The van der Waals surface area contributed by atoms with Gasteiger partial charge in [0, 0.05) is 58.9 Å². The predicted molar refractivity (Wildman–Crippen MR) is 142 cm³/mol. The summed E-state index contributed by atoms with van der Waals surface area (Å²) in [5.41, 5.74) is 0.836. The molecule has 2 N–H and O–H groups in total. The minimum atomic E-state index is -0.310. The monoisotopic (exact) mass is 553 g/mol. The topological polar surface area (TPSA) is 94.2 Å². The van der Waals surface area contributed by atoms with Gasteiger partial charge in [0.05, 0.1) is 28.7 Å². The molecule has 4 rings (SSSR count). The first-order valence-corrected chi connectivity index (χ1v) is 13.8. The van der Waals surface area contributed by atoms with E-state index in [0.29, 0.717) is 35.8 Å². The summed E-state index contributed by atoms with van der Waals surface area (Å²) in [6, 6.07) is 5.46. The molecule has 0 spiro atoms. The lowest BCUT2D eigenvalue weighted by Gasteiger charge is -2.47. The maximum atomic E-state index is 13.5. The third kappa shape index (κ3) is 6.95. The number of nitrogens with zero attached hydrogens (tertiary/aromatic N) is 3. The number of amides is 3. The Morgan fingerprint density at radius 1 is 1.16 bits per heavy atom. The molecule has 0 radical (unpaired) electrons. The zero-order valence-corrected chi connectivity index (χ0v) is 23.1. The Hall–Kier alpha value is -1.91. The van der Waals surface area contributed by atoms with Crippen molar-refractivity contribution >= 4 is 40.9 Å². The molecule has 4 atom stereocenters. The van der Waals surface area contributed by atoms with Gasteiger partial charge in [0.1, 0.15) is 6.54 Å². The van der Waals surface area contributed by atoms with Gasteiger partial charge in [0.15, 0.2) is 0 Å². The minimum absolute atomic E-state index is 0.0121. The molecule has 4 unspecified atom stereocenters. The van der Waals surface area contributed by atoms with Gasteiger partial charge in [-0.25, -0.2) is 0 Å². The molecule has 2 aliphatic heterocycles. The van der Waals surface area contributed by atoms with Crippen LogP contribution in [0.3, 0.4) is 0 Å². The van der Waals surface area contributed by atoms with E-state index in [1.165, 1.54) is 0 Å². The van der Waals surface area contributed by atoms with Crippen molar-refractivity contribution in [3.05, 3.63) is 33.8 Å². The van der Waals surface area contributed by atoms with E-state index >= 15 is 0 Å². The van der Waals surface area contributed by atoms with Crippen LogP contribution in [0.5, 0.6) is 0 Å². The molecule has 1 aromatic carbocycles. The number of piperazine rings is 1. The van der Waals surface area contributed by atoms with Gasteiger partial charge in [-0.15, -0.1) is 0 Å². The van der Waals surface area contributed by atoms with Crippen LogP contribution in [0.4, 0.5) is 0 Å². The van der Waals surface area contributed by atoms with E-state index < -0.39 is 0 Å². The Kier molecular flexibility index (Phi) is 9.69. The molecule has 1 aromatic rings. The van der Waals surface area contributed by atoms with Crippen molar-refractivity contribution in [1.29, 1.82) is 0 Å². The average molecular weight is 555 g/mol. The van der Waals surface area contributed by atoms with Gasteiger partial charge in [-0.3, -0.25) is 24.6 Å². The Balaban J connectivity index is 1.34. The fraction of sp³-hybridized carbons (Fsp3) is 0.654. The summed E-state index contributed by atoms with van der Waals surface area (Å²) in [4.78, 5) is 44.1. The number of rotatable bonds is 8. The zero-order chi connectivity index (χ0) is 26.5. The number of carbonyl (C=O) groups excluding carboxylic acids is 3. The van der Waals surface area contributed by atoms with E-state index in [-0.39, 0.29) is 42.3 Å². The summed E-state index contributed by atoms with van der Waals surface area (Å²) >= 11 is 12.3. The first kappa shape index (κ1) is 28.1. The van der Waals surface area contributed by atoms with Crippen LogP contribution < -0.4 is 10.6 Å². The molecular formula is C26H37Cl2N5O4. The Morgan fingerprint density at radius 2 is 1.92 bits per heavy atom. The normalized spacial score (nSPS) is 25.5. The van der Waals surface area contributed by atoms with E-state index in [4.69, 9.17) is 27.9 Å². The molecule has 2 heterocycles. The summed E-state index contributed by atoms with van der Waals surface area (Å²) in [6.07, 6.45) is 3.31. The molecule has 11 heteroatoms. The number of carbonyl (C=O) groups is 3. The summed E-state index contributed by atoms with van der Waals surface area (Å²) in [5.74, 6) is -0.222. The van der Waals surface area contributed by atoms with E-state index in [0.717, 1.165) is 51.0 Å². The van der Waals surface area contributed by atoms with Crippen LogP contribution in [0.1, 0.15) is 44.2 Å². The minimum Gasteiger partial charge on any atom is -0.385 e. The molecule has 1 aliphatic carbocycles. The van der Waals surface area contributed by atoms with E-state index in [9.17, 15) is 14.4 Å². The van der Waals surface area contributed by atoms with Crippen molar-refractivity contribution in [3.8, 4) is 0 Å². The summed E-state index contributed by atoms with van der Waals surface area (Å²) in [6.45, 7) is 5.58. The van der Waals surface area contributed by atoms with Gasteiger partial charge in [-0.2, -0.15) is 0 Å². The van der Waals surface area contributed by atoms with E-state index in [2.05, 4.69) is 15.5 Å². The van der Waals surface area contributed by atoms with Crippen molar-refractivity contribution in [2.24, 2.45) is 5.92 Å². The Bertz CT molecular complexity index is 988. The zero-order valence-electron chi connectivity index (χ0n) is 21.6. The van der Waals surface area contributed by atoms with Crippen LogP contribution in [-0.2, 0) is 19.1 Å². The van der Waals surface area contributed by atoms with Gasteiger partial charge < -0.3 is 19.9 Å². The molecule has 9 nitrogen and oxygen atoms in total. The second kappa shape index (κ2) is 12.8. The van der Waals surface area contributed by atoms with Crippen molar-refractivity contribution in [2.75, 3.05) is 53.1 Å². The number of ether oxygens (including phenoxy) is 1. The third-order valence-corrected chi connectivity index (χ3v) is 8.64. The van der Waals surface area contributed by atoms with Gasteiger partial charge in [-0.05, 0) is 43.4 Å². The standard InChI is InChI=1S/C26H37Cl2N5O4/c1-17(34)31-8-10-32(11-9-31)19-4-6-24-20(14-19)26(36)33(16-29-24)15-25(35)30-23(7-12-37-2)18-3-5-21(27)22(28)13-18/h3,5,13,19-20,23-24,29H,4,6-12,14-16H2,1-2H3,(H,30,35). The van der Waals surface area contributed by atoms with E-state index in [1.54, 1.807) is 31.1 Å². The van der Waals surface area contributed by atoms with Crippen molar-refractivity contribution in [3.63, 3.8) is 0 Å². The number of fused-ring (bicyclic) bond motifs is 1. The lowest BCUT2D eigenvalue weighted by Crippen LogP contribution is -2.62. The molecule has 2 saturated heterocycles. The fourth-order valence-corrected chi connectivity index (χ4v) is 6.08. The molecule has 0 bridgehead atoms. The van der Waals surface area contributed by atoms with Crippen LogP contribution in [-0.4, -0.2) is 97.6 Å². The smallest absolute Gasteiger partial charge is 0.240 e. The van der Waals surface area contributed by atoms with Crippen molar-refractivity contribution in [2.45, 2.75) is 50.7 Å². The maximum Gasteiger partial charge on any atom is 0.240 e. The number of nitrogens with one attached hydrogen (secondary N) is 2. The average Bonchev–Trinajstić information content (AvgIpc) is 2.89. The van der Waals surface area contributed by atoms with Gasteiger partial charge in [0.2, 0.25) is 17.7 Å². The van der Waals surface area contributed by atoms with Crippen LogP contribution in [0, 0.1) is 5.92 Å². The third-order valence-electron chi connectivity index (χ3n) is 7.90. The maximum absolute atomic E-state index is 13.5. The number of halogens is 2. The summed E-state index contributed by atoms with van der Waals surface area (Å²) in [7, 11) is 1.61. The summed E-state index contributed by atoms with van der Waals surface area (Å²) < 4.78 is 5.22. The van der Waals surface area contributed by atoms with Gasteiger partial charge in [0.25, 0.3) is 0 Å². The quantitative estimate of drug-likeness (QED) is 0.513. The molecule has 3 aliphatic rings. The number of benzene rings is 1. The first-order valence-electron chi connectivity index (χ1n) is 13.0. The number of methoxy groups -OCH3 is 1. The SMILES string of the molecule is COCCC(NC(=O)CN1CNC2CCC(N3CCN(C(C)=O)CC3)CC2C1=O)c1ccc(Cl)c(Cl)c1. The Labute approximate surface area is 228 Å². The number of hydrogen-bond donors (Lipinski definition) is 2. The molecule has 3 amide bonds. The highest BCUT2D eigenvalue weighted by molar-refractivity contribution is 6.42. The van der Waals surface area contributed by atoms with Crippen LogP contribution in [0.15, 0.2) is 18.2 Å². The van der Waals surface area contributed by atoms with E-state index in [1.807, 2.05) is 11.0 Å². The van der Waals surface area contributed by atoms with Crippen LogP contribution in [0.2, 0.25) is 10.0 Å². The highest BCUT2D eigenvalue weighted by Gasteiger charge is 2.42. The fourth-order valence-electron chi connectivity index (χ4n) is 5.77. The predicted octanol–water partition coefficient (Wildman–Crippen LogP) is 2.28. The second-order valence-electron chi connectivity index (χ2n) is 10.2. The second-order valence-corrected chi connectivity index (χ2v) is 11.0. The van der Waals surface area contributed by atoms with Crippen LogP contribution >= 0.6 is 23.2 Å². The van der Waals surface area contributed by atoms with Crippen LogP contribution in [0.25, 0.3) is 0 Å². The molecular weight excluding hydrogens is 517 g/mol. The molecule has 0 aromatic heterocycles. The highest BCUT2D eigenvalue weighted by Crippen LogP contribution is 2.32. The number of hydrogen-bond acceptors (Lipinski definition) is 6. The van der Waals surface area contributed by atoms with Gasteiger partial charge in [-0.1, -0.05) is 29.3 Å². The molecule has 204 valence electrons. The van der Waals surface area contributed by atoms with Crippen molar-refractivity contribution < 1.29 is 19.1 Å². The van der Waals surface area contributed by atoms with Gasteiger partial charge >= 0.3 is 0 Å². The molecule has 37 heavy (non-hydrogen) atoms. The summed E-state index contributed by atoms with van der Waals surface area (Å²) in [5, 5.41) is 7.41. The largest absolute Gasteiger partial charge is 0.385 e.